The molecular formula is C12H17NO3S2. The van der Waals surface area contributed by atoms with E-state index in [0.29, 0.717) is 0 Å². The summed E-state index contributed by atoms with van der Waals surface area (Å²) in [5.74, 6) is 0. The number of fused-ring (bicyclic) bond motifs is 1. The summed E-state index contributed by atoms with van der Waals surface area (Å²) in [4.78, 5) is 4.58. The van der Waals surface area contributed by atoms with Crippen LogP contribution in [0.1, 0.15) is 30.3 Å². The zero-order valence-electron chi connectivity index (χ0n) is 10.4. The molecule has 4 nitrogen and oxygen atoms in total. The molecule has 0 amide bonds. The molecule has 2 rings (SSSR count). The second-order valence-corrected chi connectivity index (χ2v) is 5.55. The monoisotopic (exact) mass is 287 g/mol. The molecule has 6 heteroatoms. The summed E-state index contributed by atoms with van der Waals surface area (Å²) in [6.45, 7) is 4.31. The highest BCUT2D eigenvalue weighted by Gasteiger charge is 2.04. The van der Waals surface area contributed by atoms with Gasteiger partial charge < -0.3 is 0 Å². The van der Waals surface area contributed by atoms with Crippen LogP contribution in [0.5, 0.6) is 0 Å². The number of para-hydroxylation sites is 1. The first-order valence-electron chi connectivity index (χ1n) is 5.73. The lowest BCUT2D eigenvalue weighted by atomic mass is 10.1. The minimum absolute atomic E-state index is 1.16. The SMILES string of the molecule is CCCCc1cccc2sc(C)nc12.O=[SH](=O)O. The second-order valence-electron chi connectivity index (χ2n) is 3.84. The Kier molecular flexibility index (Phi) is 6.24. The van der Waals surface area contributed by atoms with Gasteiger partial charge >= 0.3 is 0 Å². The summed E-state index contributed by atoms with van der Waals surface area (Å²) in [6, 6.07) is 6.51. The summed E-state index contributed by atoms with van der Waals surface area (Å²) in [6.07, 6.45) is 3.67. The van der Waals surface area contributed by atoms with Crippen molar-refractivity contribution in [3.63, 3.8) is 0 Å². The summed E-state index contributed by atoms with van der Waals surface area (Å²) < 4.78 is 25.5. The highest BCUT2D eigenvalue weighted by Crippen LogP contribution is 2.25. The molecule has 1 N–H and O–H groups in total. The molecule has 0 bridgehead atoms. The molecule has 0 fully saturated rings. The van der Waals surface area contributed by atoms with Crippen molar-refractivity contribution in [2.75, 3.05) is 0 Å². The molecule has 18 heavy (non-hydrogen) atoms. The van der Waals surface area contributed by atoms with Crippen LogP contribution in [0, 0.1) is 6.92 Å². The molecule has 0 unspecified atom stereocenters. The van der Waals surface area contributed by atoms with Crippen molar-refractivity contribution in [2.24, 2.45) is 0 Å². The maximum atomic E-state index is 8.59. The van der Waals surface area contributed by atoms with Gasteiger partial charge in [-0.15, -0.1) is 11.3 Å². The molecule has 0 atom stereocenters. The Morgan fingerprint density at radius 3 is 2.67 bits per heavy atom. The van der Waals surface area contributed by atoms with E-state index in [9.17, 15) is 0 Å². The van der Waals surface area contributed by atoms with Gasteiger partial charge in [-0.2, -0.15) is 0 Å². The highest BCUT2D eigenvalue weighted by molar-refractivity contribution is 7.66. The predicted molar refractivity (Wildman–Crippen MR) is 75.9 cm³/mol. The van der Waals surface area contributed by atoms with Crippen molar-refractivity contribution in [3.8, 4) is 0 Å². The standard InChI is InChI=1S/C12H15NS.H2O3S/c1-3-4-6-10-7-5-8-11-12(10)13-9(2)14-11;1-4(2)3/h5,7-8H,3-4,6H2,1-2H3;4H,(H,1,2,3). The molecule has 0 aliphatic carbocycles. The predicted octanol–water partition coefficient (Wildman–Crippen LogP) is 3.02. The van der Waals surface area contributed by atoms with Gasteiger partial charge in [0.05, 0.1) is 15.2 Å². The van der Waals surface area contributed by atoms with Crippen LogP contribution in [-0.2, 0) is 17.4 Å². The maximum absolute atomic E-state index is 8.59. The van der Waals surface area contributed by atoms with Crippen molar-refractivity contribution in [1.82, 2.24) is 4.98 Å². The van der Waals surface area contributed by atoms with E-state index in [1.807, 2.05) is 0 Å². The molecule has 2 aromatic rings. The Labute approximate surface area is 112 Å². The van der Waals surface area contributed by atoms with E-state index in [1.165, 1.54) is 33.6 Å². The van der Waals surface area contributed by atoms with Gasteiger partial charge in [-0.25, -0.2) is 13.4 Å². The number of benzene rings is 1. The fourth-order valence-corrected chi connectivity index (χ4v) is 2.56. The number of thiol groups is 1. The smallest absolute Gasteiger partial charge is 0.254 e. The van der Waals surface area contributed by atoms with Crippen molar-refractivity contribution in [2.45, 2.75) is 33.1 Å². The van der Waals surface area contributed by atoms with E-state index < -0.39 is 11.0 Å². The molecule has 1 aromatic heterocycles. The first kappa shape index (κ1) is 15.1. The Bertz CT molecular complexity index is 568. The Morgan fingerprint density at radius 2 is 2.06 bits per heavy atom. The summed E-state index contributed by atoms with van der Waals surface area (Å²) >= 11 is 1.79. The molecule has 0 saturated heterocycles. The number of aryl methyl sites for hydroxylation is 2. The van der Waals surface area contributed by atoms with E-state index in [4.69, 9.17) is 13.0 Å². The number of thiazole rings is 1. The second kappa shape index (κ2) is 7.45. The van der Waals surface area contributed by atoms with Gasteiger partial charge in [0, 0.05) is 0 Å². The van der Waals surface area contributed by atoms with Crippen LogP contribution in [-0.4, -0.2) is 18.0 Å². The molecule has 0 radical (unpaired) electrons. The molecule has 0 aliphatic heterocycles. The van der Waals surface area contributed by atoms with Crippen molar-refractivity contribution in [1.29, 1.82) is 0 Å². The Morgan fingerprint density at radius 1 is 1.39 bits per heavy atom. The first-order valence-corrected chi connectivity index (χ1v) is 7.67. The summed E-state index contributed by atoms with van der Waals surface area (Å²) in [7, 11) is -3.12. The number of hydrogen-bond acceptors (Lipinski definition) is 4. The van der Waals surface area contributed by atoms with Gasteiger partial charge in [0.1, 0.15) is 0 Å². The van der Waals surface area contributed by atoms with Gasteiger partial charge in [0.15, 0.2) is 0 Å². The number of nitrogens with zero attached hydrogens (tertiary/aromatic N) is 1. The number of hydrogen-bond donors (Lipinski definition) is 2. The van der Waals surface area contributed by atoms with Crippen LogP contribution < -0.4 is 0 Å². The van der Waals surface area contributed by atoms with E-state index in [2.05, 4.69) is 37.0 Å². The molecule has 100 valence electrons. The zero-order valence-corrected chi connectivity index (χ0v) is 12.1. The lowest BCUT2D eigenvalue weighted by Crippen LogP contribution is -1.86. The topological polar surface area (TPSA) is 67.3 Å². The minimum Gasteiger partial charge on any atom is -0.288 e. The van der Waals surface area contributed by atoms with Crippen LogP contribution in [0.25, 0.3) is 10.2 Å². The van der Waals surface area contributed by atoms with E-state index in [-0.39, 0.29) is 0 Å². The fourth-order valence-electron chi connectivity index (χ4n) is 1.69. The van der Waals surface area contributed by atoms with Crippen LogP contribution in [0.15, 0.2) is 18.2 Å². The largest absolute Gasteiger partial charge is 0.288 e. The quantitative estimate of drug-likeness (QED) is 0.672. The average molecular weight is 287 g/mol. The highest BCUT2D eigenvalue weighted by atomic mass is 32.2. The van der Waals surface area contributed by atoms with Gasteiger partial charge in [-0.05, 0) is 31.4 Å². The number of rotatable bonds is 3. The molecule has 1 aromatic carbocycles. The summed E-state index contributed by atoms with van der Waals surface area (Å²) in [5, 5.41) is 1.17. The van der Waals surface area contributed by atoms with Crippen molar-refractivity contribution < 1.29 is 13.0 Å². The normalized spacial score (nSPS) is 10.4. The van der Waals surface area contributed by atoms with Crippen LogP contribution in [0.2, 0.25) is 0 Å². The fraction of sp³-hybridized carbons (Fsp3) is 0.417. The van der Waals surface area contributed by atoms with Crippen LogP contribution in [0.4, 0.5) is 0 Å². The third-order valence-electron chi connectivity index (χ3n) is 2.41. The van der Waals surface area contributed by atoms with Gasteiger partial charge in [0.2, 0.25) is 0 Å². The molecule has 0 saturated carbocycles. The Balaban J connectivity index is 0.000000357. The van der Waals surface area contributed by atoms with Crippen LogP contribution in [0.3, 0.4) is 0 Å². The molecule has 0 aliphatic rings. The van der Waals surface area contributed by atoms with E-state index in [1.54, 1.807) is 11.3 Å². The van der Waals surface area contributed by atoms with Crippen molar-refractivity contribution >= 4 is 32.5 Å². The summed E-state index contributed by atoms with van der Waals surface area (Å²) in [5.41, 5.74) is 2.64. The number of aromatic nitrogens is 1. The van der Waals surface area contributed by atoms with Gasteiger partial charge in [-0.1, -0.05) is 25.5 Å². The third kappa shape index (κ3) is 4.72. The van der Waals surface area contributed by atoms with Gasteiger partial charge in [0.25, 0.3) is 11.0 Å². The van der Waals surface area contributed by atoms with Gasteiger partial charge in [-0.3, -0.25) is 4.55 Å². The lowest BCUT2D eigenvalue weighted by molar-refractivity contribution is 0.509. The molecule has 0 spiro atoms. The number of unbranched alkanes of at least 4 members (excludes halogenated alkanes) is 1. The van der Waals surface area contributed by atoms with Crippen molar-refractivity contribution in [3.05, 3.63) is 28.8 Å². The zero-order chi connectivity index (χ0) is 13.5. The first-order chi connectivity index (χ1) is 8.54. The Hall–Kier alpha value is -0.980. The molecule has 1 heterocycles. The van der Waals surface area contributed by atoms with Crippen LogP contribution >= 0.6 is 11.3 Å². The molecular weight excluding hydrogens is 270 g/mol. The lowest BCUT2D eigenvalue weighted by Gasteiger charge is -1.99. The van der Waals surface area contributed by atoms with E-state index in [0.717, 1.165) is 6.42 Å². The van der Waals surface area contributed by atoms with E-state index >= 15 is 0 Å². The minimum atomic E-state index is -3.12. The average Bonchev–Trinajstić information content (AvgIpc) is 2.66. The third-order valence-corrected chi connectivity index (χ3v) is 3.35. The maximum Gasteiger partial charge on any atom is 0.254 e.